The molecule has 2 aromatic carbocycles. The van der Waals surface area contributed by atoms with Crippen LogP contribution < -0.4 is 14.8 Å². The molecule has 1 aromatic heterocycles. The van der Waals surface area contributed by atoms with Crippen molar-refractivity contribution in [1.82, 2.24) is 4.98 Å². The van der Waals surface area contributed by atoms with E-state index >= 15 is 0 Å². The Kier molecular flexibility index (Phi) is 6.66. The van der Waals surface area contributed by atoms with Gasteiger partial charge in [-0.2, -0.15) is 0 Å². The van der Waals surface area contributed by atoms with Crippen molar-refractivity contribution in [2.45, 2.75) is 26.7 Å². The number of hydrogen-bond acceptors (Lipinski definition) is 5. The lowest BCUT2D eigenvalue weighted by Crippen LogP contribution is -2.11. The number of aromatic nitrogens is 1. The topological polar surface area (TPSA) is 60.5 Å². The number of carbonyl (C=O) groups excluding carboxylic acids is 1. The second-order valence-electron chi connectivity index (χ2n) is 6.41. The zero-order valence-electron chi connectivity index (χ0n) is 16.3. The van der Waals surface area contributed by atoms with E-state index in [0.717, 1.165) is 35.4 Å². The first-order chi connectivity index (χ1) is 13.6. The molecule has 0 atom stereocenters. The van der Waals surface area contributed by atoms with Gasteiger partial charge in [-0.05, 0) is 55.3 Å². The van der Waals surface area contributed by atoms with Crippen molar-refractivity contribution in [2.24, 2.45) is 0 Å². The summed E-state index contributed by atoms with van der Waals surface area (Å²) >= 11 is 1.40. The van der Waals surface area contributed by atoms with Gasteiger partial charge in [0.15, 0.2) is 5.13 Å². The van der Waals surface area contributed by atoms with Crippen LogP contribution in [0.2, 0.25) is 0 Å². The third-order valence-corrected chi connectivity index (χ3v) is 5.04. The molecule has 6 heteroatoms. The highest BCUT2D eigenvalue weighted by molar-refractivity contribution is 7.14. The van der Waals surface area contributed by atoms with Crippen LogP contribution in [-0.2, 0) is 0 Å². The van der Waals surface area contributed by atoms with Crippen LogP contribution in [-0.4, -0.2) is 24.6 Å². The third kappa shape index (κ3) is 4.89. The molecule has 3 rings (SSSR count). The van der Waals surface area contributed by atoms with E-state index in [0.29, 0.717) is 23.1 Å². The Balaban J connectivity index is 1.69. The van der Waals surface area contributed by atoms with Gasteiger partial charge in [0.25, 0.3) is 5.91 Å². The minimum absolute atomic E-state index is 0.201. The number of amides is 1. The van der Waals surface area contributed by atoms with Crippen molar-refractivity contribution >= 4 is 22.4 Å². The van der Waals surface area contributed by atoms with E-state index < -0.39 is 0 Å². The molecule has 1 heterocycles. The lowest BCUT2D eigenvalue weighted by Gasteiger charge is -2.07. The molecule has 0 radical (unpaired) electrons. The first-order valence-corrected chi connectivity index (χ1v) is 10.1. The molecule has 0 spiro atoms. The Hall–Kier alpha value is -2.86. The van der Waals surface area contributed by atoms with Gasteiger partial charge in [0.1, 0.15) is 11.5 Å². The number of aryl methyl sites for hydroxylation is 1. The average Bonchev–Trinajstić information content (AvgIpc) is 3.17. The molecule has 3 aromatic rings. The van der Waals surface area contributed by atoms with E-state index in [1.807, 2.05) is 42.6 Å². The fourth-order valence-electron chi connectivity index (χ4n) is 2.73. The van der Waals surface area contributed by atoms with Crippen LogP contribution >= 0.6 is 11.3 Å². The minimum Gasteiger partial charge on any atom is -0.496 e. The second kappa shape index (κ2) is 9.37. The Morgan fingerprint density at radius 2 is 2.07 bits per heavy atom. The van der Waals surface area contributed by atoms with Gasteiger partial charge in [-0.1, -0.05) is 19.4 Å². The van der Waals surface area contributed by atoms with Gasteiger partial charge < -0.3 is 9.47 Å². The molecule has 0 fully saturated rings. The van der Waals surface area contributed by atoms with Crippen LogP contribution in [0.3, 0.4) is 0 Å². The summed E-state index contributed by atoms with van der Waals surface area (Å²) < 4.78 is 11.0. The molecule has 28 heavy (non-hydrogen) atoms. The molecule has 5 nitrogen and oxygen atoms in total. The van der Waals surface area contributed by atoms with Gasteiger partial charge in [0.05, 0.1) is 19.4 Å². The maximum atomic E-state index is 12.6. The van der Waals surface area contributed by atoms with E-state index in [4.69, 9.17) is 9.47 Å². The molecule has 0 saturated heterocycles. The first-order valence-electron chi connectivity index (χ1n) is 9.25. The van der Waals surface area contributed by atoms with Gasteiger partial charge >= 0.3 is 0 Å². The van der Waals surface area contributed by atoms with Gasteiger partial charge in [-0.3, -0.25) is 10.1 Å². The zero-order valence-corrected chi connectivity index (χ0v) is 17.1. The Morgan fingerprint density at radius 3 is 2.82 bits per heavy atom. The normalized spacial score (nSPS) is 10.5. The number of ether oxygens (including phenoxy) is 2. The number of carbonyl (C=O) groups is 1. The Bertz CT molecular complexity index is 952. The summed E-state index contributed by atoms with van der Waals surface area (Å²) in [5.41, 5.74) is 3.40. The highest BCUT2D eigenvalue weighted by Gasteiger charge is 2.12. The van der Waals surface area contributed by atoms with E-state index in [1.54, 1.807) is 19.2 Å². The zero-order chi connectivity index (χ0) is 19.9. The molecule has 146 valence electrons. The number of anilines is 1. The number of benzene rings is 2. The third-order valence-electron chi connectivity index (χ3n) is 4.28. The summed E-state index contributed by atoms with van der Waals surface area (Å²) in [6, 6.07) is 13.1. The summed E-state index contributed by atoms with van der Waals surface area (Å²) in [5.74, 6) is 1.34. The van der Waals surface area contributed by atoms with Crippen LogP contribution in [0, 0.1) is 6.92 Å². The highest BCUT2D eigenvalue weighted by Crippen LogP contribution is 2.29. The van der Waals surface area contributed by atoms with Gasteiger partial charge in [-0.15, -0.1) is 11.3 Å². The molecular formula is C22H24N2O3S. The molecule has 1 N–H and O–H groups in total. The monoisotopic (exact) mass is 396 g/mol. The van der Waals surface area contributed by atoms with E-state index in [9.17, 15) is 4.79 Å². The quantitative estimate of drug-likeness (QED) is 0.507. The van der Waals surface area contributed by atoms with Crippen molar-refractivity contribution in [2.75, 3.05) is 19.0 Å². The fraction of sp³-hybridized carbons (Fsp3) is 0.273. The van der Waals surface area contributed by atoms with Gasteiger partial charge in [0.2, 0.25) is 0 Å². The SMILES string of the molecule is CCCCOc1cccc(C(=O)Nc2nc(-c3ccc(OC)c(C)c3)cs2)c1. The molecule has 0 aliphatic carbocycles. The minimum atomic E-state index is -0.201. The smallest absolute Gasteiger partial charge is 0.257 e. The maximum Gasteiger partial charge on any atom is 0.257 e. The lowest BCUT2D eigenvalue weighted by molar-refractivity contribution is 0.102. The number of rotatable bonds is 8. The maximum absolute atomic E-state index is 12.6. The molecule has 0 bridgehead atoms. The van der Waals surface area contributed by atoms with Crippen LogP contribution in [0.1, 0.15) is 35.7 Å². The number of nitrogens with zero attached hydrogens (tertiary/aromatic N) is 1. The number of unbranched alkanes of at least 4 members (excludes halogenated alkanes) is 1. The number of nitrogens with one attached hydrogen (secondary N) is 1. The Labute approximate surface area is 169 Å². The highest BCUT2D eigenvalue weighted by atomic mass is 32.1. The first kappa shape index (κ1) is 19.9. The van der Waals surface area contributed by atoms with Crippen molar-refractivity contribution in [3.63, 3.8) is 0 Å². The van der Waals surface area contributed by atoms with Crippen LogP contribution in [0.15, 0.2) is 47.8 Å². The molecule has 0 aliphatic heterocycles. The lowest BCUT2D eigenvalue weighted by atomic mass is 10.1. The van der Waals surface area contributed by atoms with E-state index in [2.05, 4.69) is 17.2 Å². The van der Waals surface area contributed by atoms with Crippen LogP contribution in [0.5, 0.6) is 11.5 Å². The number of methoxy groups -OCH3 is 1. The van der Waals surface area contributed by atoms with E-state index in [1.165, 1.54) is 11.3 Å². The van der Waals surface area contributed by atoms with Gasteiger partial charge in [0, 0.05) is 16.5 Å². The van der Waals surface area contributed by atoms with Crippen molar-refractivity contribution in [3.8, 4) is 22.8 Å². The summed E-state index contributed by atoms with van der Waals surface area (Å²) in [4.78, 5) is 17.1. The predicted molar refractivity (Wildman–Crippen MR) is 114 cm³/mol. The number of thiazole rings is 1. The fourth-order valence-corrected chi connectivity index (χ4v) is 3.45. The molecule has 0 saturated carbocycles. The van der Waals surface area contributed by atoms with E-state index in [-0.39, 0.29) is 5.91 Å². The molecular weight excluding hydrogens is 372 g/mol. The van der Waals surface area contributed by atoms with Crippen LogP contribution in [0.4, 0.5) is 5.13 Å². The Morgan fingerprint density at radius 1 is 1.21 bits per heavy atom. The van der Waals surface area contributed by atoms with Crippen molar-refractivity contribution in [3.05, 3.63) is 59.0 Å². The standard InChI is InChI=1S/C22H24N2O3S/c1-4-5-11-27-18-8-6-7-17(13-18)21(25)24-22-23-19(14-28-22)16-9-10-20(26-3)15(2)12-16/h6-10,12-14H,4-5,11H2,1-3H3,(H,23,24,25). The summed E-state index contributed by atoms with van der Waals surface area (Å²) in [5, 5.41) is 5.36. The molecule has 0 aliphatic rings. The van der Waals surface area contributed by atoms with Crippen LogP contribution in [0.25, 0.3) is 11.3 Å². The summed E-state index contributed by atoms with van der Waals surface area (Å²) in [6.45, 7) is 4.76. The second-order valence-corrected chi connectivity index (χ2v) is 7.26. The average molecular weight is 397 g/mol. The number of hydrogen-bond donors (Lipinski definition) is 1. The molecule has 0 unspecified atom stereocenters. The molecule has 1 amide bonds. The largest absolute Gasteiger partial charge is 0.496 e. The predicted octanol–water partition coefficient (Wildman–Crippen LogP) is 5.56. The van der Waals surface area contributed by atoms with Gasteiger partial charge in [-0.25, -0.2) is 4.98 Å². The van der Waals surface area contributed by atoms with Crippen molar-refractivity contribution in [1.29, 1.82) is 0 Å². The summed E-state index contributed by atoms with van der Waals surface area (Å²) in [6.07, 6.45) is 2.06. The summed E-state index contributed by atoms with van der Waals surface area (Å²) in [7, 11) is 1.66. The van der Waals surface area contributed by atoms with Crippen molar-refractivity contribution < 1.29 is 14.3 Å².